The standard InChI is InChI=1S/C65H42N4/c1-65(49-26-16-24-47(40-49)43-21-9-4-10-22-43)54-38-36-53(58-52-28-12-14-30-57(52)69-56-29-13-11-27-50(56)51-35-37-55(65)60(59(54)58)61(51)69)64-67-62(45-33-31-44(32-34-45)41-17-5-2-6-18-41)66-63(68-64)48-25-15-23-46(39-48)42-19-7-3-8-20-42/h2-40H,1H3. The molecule has 1 atom stereocenters. The van der Waals surface area contributed by atoms with E-state index in [4.69, 9.17) is 15.0 Å². The molecule has 2 aliphatic rings. The van der Waals surface area contributed by atoms with Gasteiger partial charge < -0.3 is 4.57 Å². The topological polar surface area (TPSA) is 43.6 Å². The van der Waals surface area contributed by atoms with Gasteiger partial charge in [0, 0.05) is 49.6 Å². The van der Waals surface area contributed by atoms with Crippen molar-refractivity contribution in [1.82, 2.24) is 19.5 Å². The van der Waals surface area contributed by atoms with E-state index in [0.717, 1.165) is 55.8 Å². The summed E-state index contributed by atoms with van der Waals surface area (Å²) >= 11 is 0. The molecular weight excluding hydrogens is 837 g/mol. The third kappa shape index (κ3) is 5.99. The SMILES string of the molecule is CC1(c2cccc(-c3ccccc3)c2)c2ccc(-c3nc(-c4ccc(-c5ccccc5)cc4)nc(-c4cccc(-c5ccccc5)c4)n3)c3c2-c2c1ccc1c4ccccc4n(c21)-c1ccccc1-3. The Hall–Kier alpha value is -8.99. The fraction of sp³-hybridized carbons (Fsp3) is 0.0308. The van der Waals surface area contributed by atoms with Gasteiger partial charge in [-0.05, 0) is 86.8 Å². The maximum Gasteiger partial charge on any atom is 0.164 e. The first kappa shape index (κ1) is 39.2. The number of benzene rings is 10. The molecule has 1 unspecified atom stereocenters. The van der Waals surface area contributed by atoms with Crippen molar-refractivity contribution in [1.29, 1.82) is 0 Å². The number of aromatic nitrogens is 4. The maximum absolute atomic E-state index is 5.50. The molecule has 69 heavy (non-hydrogen) atoms. The molecule has 1 aliphatic heterocycles. The van der Waals surface area contributed by atoms with Gasteiger partial charge in [-0.3, -0.25) is 0 Å². The molecule has 0 spiro atoms. The Balaban J connectivity index is 1.06. The van der Waals surface area contributed by atoms with E-state index >= 15 is 0 Å². The number of rotatable bonds is 7. The largest absolute Gasteiger partial charge is 0.308 e. The molecule has 0 radical (unpaired) electrons. The molecule has 12 aromatic rings. The number of fused-ring (bicyclic) bond motifs is 6. The van der Waals surface area contributed by atoms with Gasteiger partial charge in [0.25, 0.3) is 0 Å². The molecule has 14 rings (SSSR count). The van der Waals surface area contributed by atoms with Crippen LogP contribution in [0.5, 0.6) is 0 Å². The Morgan fingerprint density at radius 2 is 0.855 bits per heavy atom. The lowest BCUT2D eigenvalue weighted by molar-refractivity contribution is 0.714. The minimum absolute atomic E-state index is 0.488. The van der Waals surface area contributed by atoms with Crippen molar-refractivity contribution in [2.75, 3.05) is 0 Å². The van der Waals surface area contributed by atoms with E-state index in [9.17, 15) is 0 Å². The highest BCUT2D eigenvalue weighted by atomic mass is 15.0. The van der Waals surface area contributed by atoms with Gasteiger partial charge in [-0.1, -0.05) is 212 Å². The molecule has 4 heteroatoms. The van der Waals surface area contributed by atoms with Crippen molar-refractivity contribution >= 4 is 21.8 Å². The predicted octanol–water partition coefficient (Wildman–Crippen LogP) is 16.3. The van der Waals surface area contributed by atoms with Gasteiger partial charge in [-0.2, -0.15) is 0 Å². The molecular formula is C65H42N4. The Morgan fingerprint density at radius 3 is 1.59 bits per heavy atom. The second-order valence-corrected chi connectivity index (χ2v) is 18.4. The number of hydrogen-bond acceptors (Lipinski definition) is 3. The molecule has 0 bridgehead atoms. The van der Waals surface area contributed by atoms with Crippen LogP contribution < -0.4 is 0 Å². The Labute approximate surface area is 400 Å². The van der Waals surface area contributed by atoms with Crippen LogP contribution in [-0.2, 0) is 5.41 Å². The third-order valence-electron chi connectivity index (χ3n) is 14.7. The summed E-state index contributed by atoms with van der Waals surface area (Å²) < 4.78 is 2.52. The summed E-state index contributed by atoms with van der Waals surface area (Å²) in [5.74, 6) is 1.87. The first-order valence-electron chi connectivity index (χ1n) is 23.7. The summed E-state index contributed by atoms with van der Waals surface area (Å²) in [7, 11) is 0. The van der Waals surface area contributed by atoms with Crippen LogP contribution in [0, 0.1) is 0 Å². The quantitative estimate of drug-likeness (QED) is 0.160. The monoisotopic (exact) mass is 878 g/mol. The van der Waals surface area contributed by atoms with Gasteiger partial charge in [-0.15, -0.1) is 0 Å². The molecule has 322 valence electrons. The lowest BCUT2D eigenvalue weighted by Crippen LogP contribution is -2.22. The lowest BCUT2D eigenvalue weighted by atomic mass is 9.73. The van der Waals surface area contributed by atoms with E-state index in [0.29, 0.717) is 17.5 Å². The molecule has 1 aliphatic carbocycles. The molecule has 4 nitrogen and oxygen atoms in total. The minimum Gasteiger partial charge on any atom is -0.308 e. The highest BCUT2D eigenvalue weighted by molar-refractivity contribution is 6.20. The van der Waals surface area contributed by atoms with Crippen LogP contribution in [0.4, 0.5) is 0 Å². The zero-order valence-corrected chi connectivity index (χ0v) is 37.8. The Kier molecular flexibility index (Phi) is 8.68. The van der Waals surface area contributed by atoms with Gasteiger partial charge in [0.05, 0.1) is 16.7 Å². The van der Waals surface area contributed by atoms with Gasteiger partial charge >= 0.3 is 0 Å². The van der Waals surface area contributed by atoms with E-state index in [2.05, 4.69) is 248 Å². The van der Waals surface area contributed by atoms with Gasteiger partial charge in [0.1, 0.15) is 0 Å². The fourth-order valence-electron chi connectivity index (χ4n) is 11.4. The van der Waals surface area contributed by atoms with Gasteiger partial charge in [0.15, 0.2) is 17.5 Å². The number of hydrogen-bond donors (Lipinski definition) is 0. The molecule has 0 saturated carbocycles. The van der Waals surface area contributed by atoms with E-state index in [1.54, 1.807) is 0 Å². The smallest absolute Gasteiger partial charge is 0.164 e. The van der Waals surface area contributed by atoms with Crippen molar-refractivity contribution in [2.24, 2.45) is 0 Å². The van der Waals surface area contributed by atoms with E-state index < -0.39 is 5.41 Å². The third-order valence-corrected chi connectivity index (χ3v) is 14.7. The molecule has 0 N–H and O–H groups in total. The van der Waals surface area contributed by atoms with Crippen LogP contribution in [0.25, 0.3) is 117 Å². The van der Waals surface area contributed by atoms with Gasteiger partial charge in [-0.25, -0.2) is 15.0 Å². The molecule has 3 heterocycles. The number of nitrogens with zero attached hydrogens (tertiary/aromatic N) is 4. The fourth-order valence-corrected chi connectivity index (χ4v) is 11.4. The van der Waals surface area contributed by atoms with Gasteiger partial charge in [0.2, 0.25) is 0 Å². The number of para-hydroxylation sites is 2. The summed E-state index contributed by atoms with van der Waals surface area (Å²) in [5, 5.41) is 2.49. The lowest BCUT2D eigenvalue weighted by Gasteiger charge is -2.30. The van der Waals surface area contributed by atoms with Crippen molar-refractivity contribution < 1.29 is 0 Å². The van der Waals surface area contributed by atoms with Crippen LogP contribution >= 0.6 is 0 Å². The summed E-state index contributed by atoms with van der Waals surface area (Å²) in [6.45, 7) is 2.43. The van der Waals surface area contributed by atoms with E-state index in [1.165, 1.54) is 60.8 Å². The molecule has 10 aromatic carbocycles. The van der Waals surface area contributed by atoms with Crippen molar-refractivity contribution in [2.45, 2.75) is 12.3 Å². The zero-order chi connectivity index (χ0) is 45.6. The maximum atomic E-state index is 5.50. The summed E-state index contributed by atoms with van der Waals surface area (Å²) in [6.07, 6.45) is 0. The summed E-state index contributed by atoms with van der Waals surface area (Å²) in [5.41, 5.74) is 21.4. The normalized spacial score (nSPS) is 14.2. The summed E-state index contributed by atoms with van der Waals surface area (Å²) in [6, 6.07) is 85.3. The first-order valence-corrected chi connectivity index (χ1v) is 23.7. The van der Waals surface area contributed by atoms with Crippen LogP contribution in [0.1, 0.15) is 23.6 Å². The second-order valence-electron chi connectivity index (χ2n) is 18.4. The van der Waals surface area contributed by atoms with E-state index in [-0.39, 0.29) is 0 Å². The predicted molar refractivity (Wildman–Crippen MR) is 283 cm³/mol. The van der Waals surface area contributed by atoms with Crippen LogP contribution in [0.15, 0.2) is 237 Å². The molecule has 2 aromatic heterocycles. The van der Waals surface area contributed by atoms with Crippen LogP contribution in [0.2, 0.25) is 0 Å². The summed E-state index contributed by atoms with van der Waals surface area (Å²) in [4.78, 5) is 16.3. The van der Waals surface area contributed by atoms with Crippen molar-refractivity contribution in [3.8, 4) is 95.5 Å². The Bertz CT molecular complexity index is 4000. The average Bonchev–Trinajstić information content (AvgIpc) is 3.86. The zero-order valence-electron chi connectivity index (χ0n) is 37.8. The highest BCUT2D eigenvalue weighted by Gasteiger charge is 2.46. The van der Waals surface area contributed by atoms with Crippen LogP contribution in [0.3, 0.4) is 0 Å². The molecule has 0 saturated heterocycles. The Morgan fingerprint density at radius 1 is 0.333 bits per heavy atom. The molecule has 0 amide bonds. The average molecular weight is 879 g/mol. The van der Waals surface area contributed by atoms with Crippen LogP contribution in [-0.4, -0.2) is 19.5 Å². The van der Waals surface area contributed by atoms with Crippen molar-refractivity contribution in [3.05, 3.63) is 253 Å². The second kappa shape index (κ2) is 15.3. The highest BCUT2D eigenvalue weighted by Crippen LogP contribution is 2.61. The van der Waals surface area contributed by atoms with E-state index in [1.807, 2.05) is 0 Å². The molecule has 0 fully saturated rings. The minimum atomic E-state index is -0.488. The van der Waals surface area contributed by atoms with Crippen molar-refractivity contribution in [3.63, 3.8) is 0 Å². The first-order chi connectivity index (χ1) is 34.1.